The van der Waals surface area contributed by atoms with Crippen LogP contribution in [0.1, 0.15) is 40.3 Å². The Morgan fingerprint density at radius 2 is 1.84 bits per heavy atom. The van der Waals surface area contributed by atoms with E-state index in [4.69, 9.17) is 0 Å². The molecule has 0 radical (unpaired) electrons. The minimum absolute atomic E-state index is 0.263. The molecule has 0 saturated heterocycles. The fraction of sp³-hybridized carbons (Fsp3) is 0.250. The number of fused-ring (bicyclic) bond motifs is 2. The summed E-state index contributed by atoms with van der Waals surface area (Å²) in [5, 5.41) is 2.72. The number of nitrogens with zero attached hydrogens (tertiary/aromatic N) is 4. The number of imidazole rings is 1. The van der Waals surface area contributed by atoms with E-state index in [2.05, 4.69) is 15.3 Å². The van der Waals surface area contributed by atoms with Crippen LogP contribution >= 0.6 is 0 Å². The maximum Gasteiger partial charge on any atom is 0.289 e. The van der Waals surface area contributed by atoms with Gasteiger partial charge in [-0.25, -0.2) is 14.4 Å². The maximum absolute atomic E-state index is 14.7. The Hall–Kier alpha value is -3.81. The van der Waals surface area contributed by atoms with Crippen molar-refractivity contribution in [2.45, 2.75) is 32.0 Å². The number of benzodiazepines with no additional fused rings is 1. The van der Waals surface area contributed by atoms with Crippen LogP contribution in [0.4, 0.5) is 10.1 Å². The van der Waals surface area contributed by atoms with E-state index in [0.717, 1.165) is 25.0 Å². The van der Waals surface area contributed by atoms with Crippen molar-refractivity contribution in [3.8, 4) is 0 Å². The number of carbonyl (C=O) groups is 2. The van der Waals surface area contributed by atoms with Crippen molar-refractivity contribution in [2.24, 2.45) is 4.99 Å². The summed E-state index contributed by atoms with van der Waals surface area (Å²) in [5.41, 5.74) is 2.79. The summed E-state index contributed by atoms with van der Waals surface area (Å²) in [4.78, 5) is 36.6. The lowest BCUT2D eigenvalue weighted by Gasteiger charge is -2.21. The van der Waals surface area contributed by atoms with E-state index in [1.807, 2.05) is 10.6 Å². The highest BCUT2D eigenvalue weighted by Crippen LogP contribution is 2.28. The van der Waals surface area contributed by atoms with Crippen LogP contribution in [0.15, 0.2) is 59.7 Å². The van der Waals surface area contributed by atoms with E-state index in [1.165, 1.54) is 11.0 Å². The second-order valence-electron chi connectivity index (χ2n) is 7.93. The number of halogens is 1. The van der Waals surface area contributed by atoms with Crippen LogP contribution in [0.2, 0.25) is 0 Å². The SMILES string of the molecule is CN1C(=O)C(NC(=O)c2ncc3n2CCCC3)N=C(c2ccccc2F)c2ccccc21. The van der Waals surface area contributed by atoms with Crippen molar-refractivity contribution in [3.63, 3.8) is 0 Å². The van der Waals surface area contributed by atoms with Crippen LogP contribution in [0.3, 0.4) is 0 Å². The number of aromatic nitrogens is 2. The number of para-hydroxylation sites is 1. The van der Waals surface area contributed by atoms with Crippen molar-refractivity contribution in [1.82, 2.24) is 14.9 Å². The average molecular weight is 431 g/mol. The molecule has 162 valence electrons. The second-order valence-corrected chi connectivity index (χ2v) is 7.93. The number of benzene rings is 2. The molecule has 32 heavy (non-hydrogen) atoms. The first-order chi connectivity index (χ1) is 15.5. The highest BCUT2D eigenvalue weighted by Gasteiger charge is 2.33. The summed E-state index contributed by atoms with van der Waals surface area (Å²) in [6, 6.07) is 13.5. The van der Waals surface area contributed by atoms with E-state index in [1.54, 1.807) is 49.6 Å². The summed E-state index contributed by atoms with van der Waals surface area (Å²) in [6.45, 7) is 0.714. The molecule has 3 aromatic rings. The zero-order valence-electron chi connectivity index (χ0n) is 17.6. The fourth-order valence-corrected chi connectivity index (χ4v) is 4.29. The zero-order valence-corrected chi connectivity index (χ0v) is 17.6. The standard InChI is InChI=1S/C24H22FN5O2/c1-29-19-12-5-3-10-17(19)20(16-9-2-4-11-18(16)25)27-21(24(29)32)28-23(31)22-26-14-15-8-6-7-13-30(15)22/h2-5,9-12,14,21H,6-8,13H2,1H3,(H,28,31). The molecule has 2 amide bonds. The summed E-state index contributed by atoms with van der Waals surface area (Å²) < 4.78 is 16.6. The largest absolute Gasteiger partial charge is 0.324 e. The number of carbonyl (C=O) groups excluding carboxylic acids is 2. The lowest BCUT2D eigenvalue weighted by atomic mass is 10.00. The highest BCUT2D eigenvalue weighted by atomic mass is 19.1. The molecule has 5 rings (SSSR count). The lowest BCUT2D eigenvalue weighted by Crippen LogP contribution is -2.46. The molecular weight excluding hydrogens is 409 g/mol. The first kappa shape index (κ1) is 20.1. The summed E-state index contributed by atoms with van der Waals surface area (Å²) in [5.74, 6) is -1.08. The van der Waals surface area contributed by atoms with Crippen LogP contribution in [0.5, 0.6) is 0 Å². The molecule has 1 aromatic heterocycles. The fourth-order valence-electron chi connectivity index (χ4n) is 4.29. The van der Waals surface area contributed by atoms with Crippen molar-refractivity contribution in [2.75, 3.05) is 11.9 Å². The molecule has 0 bridgehead atoms. The van der Waals surface area contributed by atoms with Gasteiger partial charge >= 0.3 is 0 Å². The first-order valence-corrected chi connectivity index (χ1v) is 10.6. The summed E-state index contributed by atoms with van der Waals surface area (Å²) in [7, 11) is 1.62. The predicted molar refractivity (Wildman–Crippen MR) is 118 cm³/mol. The van der Waals surface area contributed by atoms with Gasteiger partial charge in [0.05, 0.1) is 11.4 Å². The molecule has 0 fully saturated rings. The van der Waals surface area contributed by atoms with Crippen LogP contribution in [-0.2, 0) is 17.8 Å². The quantitative estimate of drug-likeness (QED) is 0.693. The van der Waals surface area contributed by atoms with E-state index >= 15 is 0 Å². The number of nitrogens with one attached hydrogen (secondary N) is 1. The van der Waals surface area contributed by atoms with Crippen molar-refractivity contribution >= 4 is 23.2 Å². The predicted octanol–water partition coefficient (Wildman–Crippen LogP) is 2.93. The van der Waals surface area contributed by atoms with E-state index < -0.39 is 23.8 Å². The van der Waals surface area contributed by atoms with Gasteiger partial charge in [-0.2, -0.15) is 0 Å². The number of hydrogen-bond donors (Lipinski definition) is 1. The first-order valence-electron chi connectivity index (χ1n) is 10.6. The molecule has 0 saturated carbocycles. The minimum atomic E-state index is -1.22. The molecule has 1 unspecified atom stereocenters. The Bertz CT molecular complexity index is 1250. The Balaban J connectivity index is 1.57. The molecule has 8 heteroatoms. The van der Waals surface area contributed by atoms with E-state index in [9.17, 15) is 14.0 Å². The van der Waals surface area contributed by atoms with Gasteiger partial charge in [0.25, 0.3) is 11.8 Å². The summed E-state index contributed by atoms with van der Waals surface area (Å²) in [6.07, 6.45) is 3.40. The molecule has 1 N–H and O–H groups in total. The van der Waals surface area contributed by atoms with E-state index in [-0.39, 0.29) is 11.4 Å². The smallest absolute Gasteiger partial charge is 0.289 e. The summed E-state index contributed by atoms with van der Waals surface area (Å²) >= 11 is 0. The third-order valence-electron chi connectivity index (χ3n) is 5.95. The topological polar surface area (TPSA) is 79.6 Å². The molecule has 7 nitrogen and oxygen atoms in total. The van der Waals surface area contributed by atoms with Gasteiger partial charge in [0.2, 0.25) is 6.17 Å². The molecule has 3 heterocycles. The molecule has 1 atom stereocenters. The van der Waals surface area contributed by atoms with Crippen molar-refractivity contribution in [1.29, 1.82) is 0 Å². The van der Waals surface area contributed by atoms with Gasteiger partial charge in [-0.3, -0.25) is 9.59 Å². The average Bonchev–Trinajstić information content (AvgIpc) is 3.22. The monoisotopic (exact) mass is 431 g/mol. The number of rotatable bonds is 3. The Morgan fingerprint density at radius 1 is 1.09 bits per heavy atom. The Kier molecular flexibility index (Phi) is 5.05. The molecule has 2 aliphatic heterocycles. The van der Waals surface area contributed by atoms with Gasteiger partial charge in [0.15, 0.2) is 5.82 Å². The van der Waals surface area contributed by atoms with Gasteiger partial charge in [-0.1, -0.05) is 30.3 Å². The molecular formula is C24H22FN5O2. The highest BCUT2D eigenvalue weighted by molar-refractivity contribution is 6.20. The maximum atomic E-state index is 14.7. The van der Waals surface area contributed by atoms with Crippen molar-refractivity contribution < 1.29 is 14.0 Å². The molecule has 0 aliphatic carbocycles. The molecule has 2 aromatic carbocycles. The number of hydrogen-bond acceptors (Lipinski definition) is 4. The minimum Gasteiger partial charge on any atom is -0.324 e. The normalized spacial score (nSPS) is 17.8. The van der Waals surface area contributed by atoms with Crippen LogP contribution < -0.4 is 10.2 Å². The van der Waals surface area contributed by atoms with Crippen LogP contribution in [-0.4, -0.2) is 40.3 Å². The number of anilines is 1. The van der Waals surface area contributed by atoms with Gasteiger partial charge in [0, 0.05) is 36.6 Å². The third kappa shape index (κ3) is 3.37. The number of likely N-dealkylation sites (N-methyl/N-ethyl adjacent to an activating group) is 1. The van der Waals surface area contributed by atoms with Gasteiger partial charge in [0.1, 0.15) is 5.82 Å². The van der Waals surface area contributed by atoms with E-state index in [0.29, 0.717) is 23.5 Å². The second kappa shape index (κ2) is 8.03. The van der Waals surface area contributed by atoms with Crippen LogP contribution in [0.25, 0.3) is 0 Å². The number of amides is 2. The number of aryl methyl sites for hydroxylation is 1. The van der Waals surface area contributed by atoms with Gasteiger partial charge in [-0.15, -0.1) is 0 Å². The molecule has 2 aliphatic rings. The van der Waals surface area contributed by atoms with Gasteiger partial charge < -0.3 is 14.8 Å². The van der Waals surface area contributed by atoms with Crippen molar-refractivity contribution in [3.05, 3.63) is 83.2 Å². The zero-order chi connectivity index (χ0) is 22.2. The van der Waals surface area contributed by atoms with Crippen LogP contribution in [0, 0.1) is 5.82 Å². The third-order valence-corrected chi connectivity index (χ3v) is 5.95. The Morgan fingerprint density at radius 3 is 2.66 bits per heavy atom. The number of aliphatic imine (C=N–C) groups is 1. The molecule has 0 spiro atoms. The lowest BCUT2D eigenvalue weighted by molar-refractivity contribution is -0.119. The Labute approximate surface area is 184 Å². The van der Waals surface area contributed by atoms with Gasteiger partial charge in [-0.05, 0) is 37.5 Å².